The van der Waals surface area contributed by atoms with E-state index >= 15 is 0 Å². The first-order chi connectivity index (χ1) is 9.13. The van der Waals surface area contributed by atoms with Crippen molar-refractivity contribution < 1.29 is 25.9 Å². The van der Waals surface area contributed by atoms with Gasteiger partial charge in [0.1, 0.15) is 4.90 Å². The van der Waals surface area contributed by atoms with E-state index in [9.17, 15) is 16.8 Å². The molecule has 2 rings (SSSR count). The van der Waals surface area contributed by atoms with E-state index in [1.165, 1.54) is 18.2 Å². The van der Waals surface area contributed by atoms with E-state index in [0.717, 1.165) is 6.07 Å². The van der Waals surface area contributed by atoms with Crippen LogP contribution in [-0.4, -0.2) is 55.5 Å². The Morgan fingerprint density at radius 1 is 0.952 bits per heavy atom. The van der Waals surface area contributed by atoms with Crippen molar-refractivity contribution in [3.63, 3.8) is 0 Å². The van der Waals surface area contributed by atoms with Crippen molar-refractivity contribution in [1.29, 1.82) is 0 Å². The molecule has 2 aromatic rings. The first-order valence-corrected chi connectivity index (χ1v) is 8.00. The van der Waals surface area contributed by atoms with Gasteiger partial charge < -0.3 is 5.43 Å². The second-order valence-corrected chi connectivity index (χ2v) is 6.76. The van der Waals surface area contributed by atoms with Gasteiger partial charge in [0.15, 0.2) is 0 Å². The number of rotatable bonds is 3. The van der Waals surface area contributed by atoms with Crippen LogP contribution in [0.3, 0.4) is 0 Å². The zero-order valence-corrected chi connectivity index (χ0v) is 11.4. The molecule has 21 heavy (non-hydrogen) atoms. The standard InChI is InChI=1S/C10H10N2O6S2.Na.H/c11-12-7-1-2-9-6(3-7)4-8(19(13,14)15)5-10(9)20(16,17)18;;/h1-5,12H,11H2,(H,13,14,15)(H,16,17,18);;. The predicted molar refractivity (Wildman–Crippen MR) is 78.5 cm³/mol. The molecule has 11 heteroatoms. The molecular formula is C10H11N2NaO6S2. The molecule has 0 amide bonds. The van der Waals surface area contributed by atoms with Gasteiger partial charge in [0, 0.05) is 11.1 Å². The summed E-state index contributed by atoms with van der Waals surface area (Å²) in [5.74, 6) is 5.20. The molecule has 110 valence electrons. The quantitative estimate of drug-likeness (QED) is 0.263. The summed E-state index contributed by atoms with van der Waals surface area (Å²) in [6.45, 7) is 0. The number of hydrazine groups is 1. The molecule has 0 saturated heterocycles. The molecule has 0 radical (unpaired) electrons. The maximum absolute atomic E-state index is 11.3. The Morgan fingerprint density at radius 2 is 1.57 bits per heavy atom. The van der Waals surface area contributed by atoms with Crippen LogP contribution in [0.4, 0.5) is 5.69 Å². The van der Waals surface area contributed by atoms with Crippen LogP contribution >= 0.6 is 0 Å². The zero-order valence-electron chi connectivity index (χ0n) is 9.81. The Balaban J connectivity index is 0.00000220. The number of nitrogens with one attached hydrogen (secondary N) is 1. The number of fused-ring (bicyclic) bond motifs is 1. The fraction of sp³-hybridized carbons (Fsp3) is 0. The molecule has 8 nitrogen and oxygen atoms in total. The fourth-order valence-electron chi connectivity index (χ4n) is 1.76. The molecule has 0 aromatic heterocycles. The fourth-order valence-corrected chi connectivity index (χ4v) is 3.12. The normalized spacial score (nSPS) is 12.0. The van der Waals surface area contributed by atoms with E-state index in [0.29, 0.717) is 11.8 Å². The van der Waals surface area contributed by atoms with Crippen LogP contribution in [0.25, 0.3) is 10.8 Å². The molecule has 0 aliphatic heterocycles. The monoisotopic (exact) mass is 342 g/mol. The summed E-state index contributed by atoms with van der Waals surface area (Å²) in [7, 11) is -9.28. The van der Waals surface area contributed by atoms with Crippen LogP contribution in [0.2, 0.25) is 0 Å². The topological polar surface area (TPSA) is 147 Å². The van der Waals surface area contributed by atoms with Gasteiger partial charge in [-0.15, -0.1) is 0 Å². The van der Waals surface area contributed by atoms with Crippen molar-refractivity contribution >= 4 is 66.3 Å². The van der Waals surface area contributed by atoms with Gasteiger partial charge in [0.25, 0.3) is 20.2 Å². The predicted octanol–water partition coefficient (Wildman–Crippen LogP) is -0.0297. The minimum atomic E-state index is -4.66. The Hall–Kier alpha value is -0.720. The minimum absolute atomic E-state index is 0. The van der Waals surface area contributed by atoms with E-state index in [-0.39, 0.29) is 40.3 Å². The molecule has 0 fully saturated rings. The van der Waals surface area contributed by atoms with Gasteiger partial charge >= 0.3 is 29.6 Å². The second kappa shape index (κ2) is 6.18. The molecule has 0 saturated carbocycles. The van der Waals surface area contributed by atoms with Gasteiger partial charge in [-0.25, -0.2) is 0 Å². The van der Waals surface area contributed by atoms with Crippen molar-refractivity contribution in [1.82, 2.24) is 0 Å². The van der Waals surface area contributed by atoms with Crippen LogP contribution in [0.5, 0.6) is 0 Å². The Bertz CT molecular complexity index is 895. The average Bonchev–Trinajstić information content (AvgIpc) is 2.34. The van der Waals surface area contributed by atoms with Crippen molar-refractivity contribution in [2.75, 3.05) is 5.43 Å². The van der Waals surface area contributed by atoms with Crippen molar-refractivity contribution in [2.45, 2.75) is 9.79 Å². The van der Waals surface area contributed by atoms with Crippen LogP contribution in [-0.2, 0) is 20.2 Å². The molecule has 0 unspecified atom stereocenters. The summed E-state index contributed by atoms with van der Waals surface area (Å²) < 4.78 is 63.1. The maximum atomic E-state index is 11.3. The first-order valence-electron chi connectivity index (χ1n) is 5.12. The number of anilines is 1. The zero-order chi connectivity index (χ0) is 15.1. The van der Waals surface area contributed by atoms with Crippen molar-refractivity contribution in [3.05, 3.63) is 30.3 Å². The molecule has 0 aliphatic carbocycles. The van der Waals surface area contributed by atoms with Crippen LogP contribution < -0.4 is 11.3 Å². The summed E-state index contributed by atoms with van der Waals surface area (Å²) in [5.41, 5.74) is 2.71. The molecule has 0 spiro atoms. The van der Waals surface area contributed by atoms with Crippen molar-refractivity contribution in [3.8, 4) is 0 Å². The van der Waals surface area contributed by atoms with Gasteiger partial charge in [-0.1, -0.05) is 6.07 Å². The van der Waals surface area contributed by atoms with E-state index in [4.69, 9.17) is 14.9 Å². The van der Waals surface area contributed by atoms with Crippen LogP contribution in [0.15, 0.2) is 40.1 Å². The SMILES string of the molecule is NNc1ccc2c(S(=O)(=O)O)cc(S(=O)(=O)O)cc2c1.[NaH]. The first kappa shape index (κ1) is 18.3. The van der Waals surface area contributed by atoms with E-state index in [2.05, 4.69) is 5.43 Å². The summed E-state index contributed by atoms with van der Waals surface area (Å²) in [6, 6.07) is 5.92. The van der Waals surface area contributed by atoms with E-state index in [1.54, 1.807) is 0 Å². The van der Waals surface area contributed by atoms with Gasteiger partial charge in [0.05, 0.1) is 4.90 Å². The third-order valence-corrected chi connectivity index (χ3v) is 4.36. The number of benzene rings is 2. The number of hydrogen-bond donors (Lipinski definition) is 4. The summed E-state index contributed by atoms with van der Waals surface area (Å²) in [4.78, 5) is -1.27. The van der Waals surface area contributed by atoms with Gasteiger partial charge in [-0.3, -0.25) is 14.9 Å². The molecule has 0 heterocycles. The molecule has 2 aromatic carbocycles. The Labute approximate surface area is 143 Å². The number of nitrogens with two attached hydrogens (primary N) is 1. The second-order valence-electron chi connectivity index (χ2n) is 3.95. The Kier molecular flexibility index (Phi) is 5.40. The summed E-state index contributed by atoms with van der Waals surface area (Å²) in [5, 5.41) is 0.266. The molecule has 0 atom stereocenters. The third-order valence-electron chi connectivity index (χ3n) is 2.63. The molecule has 5 N–H and O–H groups in total. The van der Waals surface area contributed by atoms with Gasteiger partial charge in [-0.2, -0.15) is 16.8 Å². The van der Waals surface area contributed by atoms with Crippen LogP contribution in [0, 0.1) is 0 Å². The van der Waals surface area contributed by atoms with Crippen LogP contribution in [0.1, 0.15) is 0 Å². The molecular weight excluding hydrogens is 331 g/mol. The van der Waals surface area contributed by atoms with Gasteiger partial charge in [0.2, 0.25) is 0 Å². The average molecular weight is 342 g/mol. The third kappa shape index (κ3) is 3.93. The molecule has 0 aliphatic rings. The molecule has 0 bridgehead atoms. The summed E-state index contributed by atoms with van der Waals surface area (Å²) in [6.07, 6.45) is 0. The van der Waals surface area contributed by atoms with Gasteiger partial charge in [-0.05, 0) is 29.7 Å². The van der Waals surface area contributed by atoms with E-state index in [1.807, 2.05) is 0 Å². The Morgan fingerprint density at radius 3 is 2.05 bits per heavy atom. The van der Waals surface area contributed by atoms with E-state index < -0.39 is 30.0 Å². The van der Waals surface area contributed by atoms with Crippen molar-refractivity contribution in [2.24, 2.45) is 5.84 Å². The number of hydrogen-bond acceptors (Lipinski definition) is 6. The summed E-state index contributed by atoms with van der Waals surface area (Å²) >= 11 is 0. The number of nitrogen functional groups attached to an aromatic ring is 1.